The van der Waals surface area contributed by atoms with Crippen LogP contribution in [0.3, 0.4) is 0 Å². The molecule has 0 aliphatic heterocycles. The van der Waals surface area contributed by atoms with E-state index in [1.807, 2.05) is 14.0 Å². The van der Waals surface area contributed by atoms with E-state index in [-0.39, 0.29) is 5.92 Å². The molecule has 0 radical (unpaired) electrons. The van der Waals surface area contributed by atoms with E-state index < -0.39 is 0 Å². The van der Waals surface area contributed by atoms with Crippen molar-refractivity contribution in [3.8, 4) is 6.07 Å². The quantitative estimate of drug-likeness (QED) is 0.821. The molecule has 1 heterocycles. The fourth-order valence-electron chi connectivity index (χ4n) is 1.42. The first-order chi connectivity index (χ1) is 7.71. The van der Waals surface area contributed by atoms with Gasteiger partial charge in [-0.1, -0.05) is 0 Å². The van der Waals surface area contributed by atoms with Gasteiger partial charge < -0.3 is 10.2 Å². The average Bonchev–Trinajstić information content (AvgIpc) is 2.74. The molecule has 4 nitrogen and oxygen atoms in total. The van der Waals surface area contributed by atoms with Crippen LogP contribution < -0.4 is 10.2 Å². The van der Waals surface area contributed by atoms with E-state index in [2.05, 4.69) is 33.6 Å². The van der Waals surface area contributed by atoms with Crippen molar-refractivity contribution in [2.45, 2.75) is 20.4 Å². The Morgan fingerprint density at radius 2 is 2.44 bits per heavy atom. The van der Waals surface area contributed by atoms with Gasteiger partial charge in [-0.15, -0.1) is 11.3 Å². The van der Waals surface area contributed by atoms with E-state index in [1.54, 1.807) is 11.3 Å². The Hall–Kier alpha value is -1.12. The lowest BCUT2D eigenvalue weighted by Crippen LogP contribution is -2.27. The molecule has 5 heteroatoms. The normalized spacial score (nSPS) is 12.1. The van der Waals surface area contributed by atoms with Gasteiger partial charge in [0.25, 0.3) is 0 Å². The lowest BCUT2D eigenvalue weighted by molar-refractivity contribution is 0.682. The highest BCUT2D eigenvalue weighted by molar-refractivity contribution is 7.13. The maximum absolute atomic E-state index is 8.81. The van der Waals surface area contributed by atoms with Crippen LogP contribution in [0.5, 0.6) is 0 Å². The Balaban J connectivity index is 2.67. The van der Waals surface area contributed by atoms with Gasteiger partial charge in [0.15, 0.2) is 5.13 Å². The lowest BCUT2D eigenvalue weighted by atomic mass is 10.2. The first kappa shape index (κ1) is 12.9. The molecule has 1 aromatic heterocycles. The maximum atomic E-state index is 8.81. The number of thiazole rings is 1. The van der Waals surface area contributed by atoms with E-state index in [0.717, 1.165) is 30.5 Å². The Bertz CT molecular complexity index is 355. The molecule has 0 fully saturated rings. The Morgan fingerprint density at radius 3 is 3.00 bits per heavy atom. The number of hydrogen-bond acceptors (Lipinski definition) is 5. The smallest absolute Gasteiger partial charge is 0.185 e. The van der Waals surface area contributed by atoms with Crippen LogP contribution in [0.1, 0.15) is 19.5 Å². The number of nitriles is 1. The highest BCUT2D eigenvalue weighted by Crippen LogP contribution is 2.21. The van der Waals surface area contributed by atoms with E-state index >= 15 is 0 Å². The third-order valence-corrected chi connectivity index (χ3v) is 3.21. The molecule has 0 saturated carbocycles. The second-order valence-electron chi connectivity index (χ2n) is 3.72. The van der Waals surface area contributed by atoms with Gasteiger partial charge in [-0.3, -0.25) is 0 Å². The summed E-state index contributed by atoms with van der Waals surface area (Å²) in [5.41, 5.74) is 1.06. The van der Waals surface area contributed by atoms with Crippen LogP contribution in [0.15, 0.2) is 5.38 Å². The third kappa shape index (κ3) is 3.47. The molecule has 0 spiro atoms. The molecule has 0 amide bonds. The first-order valence-corrected chi connectivity index (χ1v) is 6.32. The van der Waals surface area contributed by atoms with Crippen LogP contribution in [-0.4, -0.2) is 25.1 Å². The third-order valence-electron chi connectivity index (χ3n) is 2.26. The van der Waals surface area contributed by atoms with Crippen molar-refractivity contribution in [3.05, 3.63) is 11.1 Å². The van der Waals surface area contributed by atoms with E-state index in [0.29, 0.717) is 0 Å². The zero-order valence-corrected chi connectivity index (χ0v) is 10.8. The van der Waals surface area contributed by atoms with Gasteiger partial charge >= 0.3 is 0 Å². The van der Waals surface area contributed by atoms with Crippen molar-refractivity contribution in [1.82, 2.24) is 10.3 Å². The predicted octanol–water partition coefficient (Wildman–Crippen LogP) is 1.85. The summed E-state index contributed by atoms with van der Waals surface area (Å²) < 4.78 is 0. The maximum Gasteiger partial charge on any atom is 0.185 e. The predicted molar refractivity (Wildman–Crippen MR) is 67.5 cm³/mol. The minimum Gasteiger partial charge on any atom is -0.347 e. The summed E-state index contributed by atoms with van der Waals surface area (Å²) in [6.07, 6.45) is 0. The van der Waals surface area contributed by atoms with E-state index in [9.17, 15) is 0 Å². The molecule has 88 valence electrons. The van der Waals surface area contributed by atoms with Crippen LogP contribution in [0, 0.1) is 17.2 Å². The Morgan fingerprint density at radius 1 is 1.69 bits per heavy atom. The van der Waals surface area contributed by atoms with Crippen LogP contribution >= 0.6 is 11.3 Å². The van der Waals surface area contributed by atoms with Crippen molar-refractivity contribution in [2.75, 3.05) is 25.0 Å². The standard InChI is InChI=1S/C11H18N4S/c1-4-15(7-9(2)5-12)11-14-10(6-13-3)8-16-11/h8-9,13H,4,6-7H2,1-3H3. The number of anilines is 1. The van der Waals surface area contributed by atoms with Gasteiger partial charge in [0.05, 0.1) is 17.7 Å². The largest absolute Gasteiger partial charge is 0.347 e. The van der Waals surface area contributed by atoms with Gasteiger partial charge in [0, 0.05) is 25.0 Å². The number of rotatable bonds is 6. The number of nitrogens with zero attached hydrogens (tertiary/aromatic N) is 3. The van der Waals surface area contributed by atoms with Crippen molar-refractivity contribution in [3.63, 3.8) is 0 Å². The minimum absolute atomic E-state index is 0.0385. The summed E-state index contributed by atoms with van der Waals surface area (Å²) in [6, 6.07) is 2.25. The average molecular weight is 238 g/mol. The highest BCUT2D eigenvalue weighted by atomic mass is 32.1. The topological polar surface area (TPSA) is 52.0 Å². The fourth-order valence-corrected chi connectivity index (χ4v) is 2.32. The zero-order valence-electron chi connectivity index (χ0n) is 10.0. The minimum atomic E-state index is 0.0385. The summed E-state index contributed by atoms with van der Waals surface area (Å²) in [4.78, 5) is 6.68. The lowest BCUT2D eigenvalue weighted by Gasteiger charge is -2.20. The number of aromatic nitrogens is 1. The zero-order chi connectivity index (χ0) is 12.0. The SMILES string of the molecule is CCN(CC(C)C#N)c1nc(CNC)cs1. The van der Waals surface area contributed by atoms with Crippen LogP contribution in [0.4, 0.5) is 5.13 Å². The van der Waals surface area contributed by atoms with Crippen LogP contribution in [0.2, 0.25) is 0 Å². The van der Waals surface area contributed by atoms with Crippen LogP contribution in [0.25, 0.3) is 0 Å². The second kappa shape index (κ2) is 6.46. The summed E-state index contributed by atoms with van der Waals surface area (Å²) >= 11 is 1.64. The summed E-state index contributed by atoms with van der Waals surface area (Å²) in [5, 5.41) is 15.0. The van der Waals surface area contributed by atoms with Gasteiger partial charge in [-0.05, 0) is 20.9 Å². The Labute approximate surface area is 101 Å². The molecule has 0 saturated heterocycles. The molecule has 0 aliphatic rings. The molecule has 1 aromatic rings. The van der Waals surface area contributed by atoms with E-state index in [4.69, 9.17) is 5.26 Å². The molecule has 1 unspecified atom stereocenters. The molecule has 0 aromatic carbocycles. The molecule has 1 atom stereocenters. The first-order valence-electron chi connectivity index (χ1n) is 5.44. The fraction of sp³-hybridized carbons (Fsp3) is 0.636. The molecule has 1 rings (SSSR count). The van der Waals surface area contributed by atoms with Gasteiger partial charge in [0.2, 0.25) is 0 Å². The summed E-state index contributed by atoms with van der Waals surface area (Å²) in [6.45, 7) is 6.45. The molecule has 0 aliphatic carbocycles. The summed E-state index contributed by atoms with van der Waals surface area (Å²) in [7, 11) is 1.91. The van der Waals surface area contributed by atoms with Crippen LogP contribution in [-0.2, 0) is 6.54 Å². The van der Waals surface area contributed by atoms with Gasteiger partial charge in [0.1, 0.15) is 0 Å². The second-order valence-corrected chi connectivity index (χ2v) is 4.56. The molecular weight excluding hydrogens is 220 g/mol. The van der Waals surface area contributed by atoms with Crippen molar-refractivity contribution < 1.29 is 0 Å². The highest BCUT2D eigenvalue weighted by Gasteiger charge is 2.12. The van der Waals surface area contributed by atoms with Crippen molar-refractivity contribution in [1.29, 1.82) is 5.26 Å². The molecule has 0 bridgehead atoms. The summed E-state index contributed by atoms with van der Waals surface area (Å²) in [5.74, 6) is 0.0385. The molecule has 16 heavy (non-hydrogen) atoms. The van der Waals surface area contributed by atoms with E-state index in [1.165, 1.54) is 0 Å². The van der Waals surface area contributed by atoms with Gasteiger partial charge in [-0.25, -0.2) is 4.98 Å². The molecule has 1 N–H and O–H groups in total. The van der Waals surface area contributed by atoms with Gasteiger partial charge in [-0.2, -0.15) is 5.26 Å². The number of nitrogens with one attached hydrogen (secondary N) is 1. The van der Waals surface area contributed by atoms with Crippen molar-refractivity contribution in [2.24, 2.45) is 5.92 Å². The molecular formula is C11H18N4S. The Kier molecular flexibility index (Phi) is 5.23. The monoisotopic (exact) mass is 238 g/mol. The van der Waals surface area contributed by atoms with Crippen molar-refractivity contribution >= 4 is 16.5 Å². The number of hydrogen-bond donors (Lipinski definition) is 1.